The van der Waals surface area contributed by atoms with E-state index in [2.05, 4.69) is 21.0 Å². The first-order valence-corrected chi connectivity index (χ1v) is 8.75. The van der Waals surface area contributed by atoms with Gasteiger partial charge in [0.1, 0.15) is 11.4 Å². The summed E-state index contributed by atoms with van der Waals surface area (Å²) in [5.74, 6) is 0.839. The molecule has 0 atom stereocenters. The number of hydrogen-bond donors (Lipinski definition) is 0. The van der Waals surface area contributed by atoms with E-state index < -0.39 is 0 Å². The third-order valence-corrected chi connectivity index (χ3v) is 5.31. The molecule has 0 unspecified atom stereocenters. The molecule has 2 aromatic rings. The minimum Gasteiger partial charge on any atom is -0.368 e. The summed E-state index contributed by atoms with van der Waals surface area (Å²) in [6.45, 7) is 7.77. The van der Waals surface area contributed by atoms with Crippen LogP contribution in [0.25, 0.3) is 0 Å². The molecule has 2 aromatic heterocycles. The molecule has 0 N–H and O–H groups in total. The van der Waals surface area contributed by atoms with E-state index in [1.54, 1.807) is 0 Å². The van der Waals surface area contributed by atoms with Crippen LogP contribution in [0.5, 0.6) is 0 Å². The Hall–Kier alpha value is -1.79. The van der Waals surface area contributed by atoms with E-state index >= 15 is 0 Å². The van der Waals surface area contributed by atoms with Crippen LogP contribution < -0.4 is 0 Å². The molecule has 0 saturated carbocycles. The van der Waals surface area contributed by atoms with Crippen molar-refractivity contribution in [3.05, 3.63) is 40.7 Å². The molecular weight excluding hydrogens is 302 g/mol. The highest BCUT2D eigenvalue weighted by molar-refractivity contribution is 5.27. The first-order valence-electron chi connectivity index (χ1n) is 8.75. The average molecular weight is 327 g/mol. The highest BCUT2D eigenvalue weighted by Gasteiger charge is 2.42. The van der Waals surface area contributed by atoms with Crippen molar-refractivity contribution in [2.45, 2.75) is 45.3 Å². The normalized spacial score (nSPS) is 20.3. The lowest BCUT2D eigenvalue weighted by molar-refractivity contribution is -0.102. The summed E-state index contributed by atoms with van der Waals surface area (Å²) in [4.78, 5) is 11.6. The molecule has 2 aliphatic rings. The highest BCUT2D eigenvalue weighted by Crippen LogP contribution is 2.40. The van der Waals surface area contributed by atoms with E-state index in [0.29, 0.717) is 0 Å². The molecule has 4 rings (SSSR count). The Morgan fingerprint density at radius 2 is 2.04 bits per heavy atom. The zero-order valence-electron chi connectivity index (χ0n) is 14.7. The number of likely N-dealkylation sites (tertiary alicyclic amines) is 1. The van der Waals surface area contributed by atoms with Gasteiger partial charge in [0.05, 0.1) is 23.7 Å². The number of piperidine rings is 1. The topological polar surface area (TPSA) is 56.1 Å². The van der Waals surface area contributed by atoms with E-state index in [1.165, 1.54) is 11.3 Å². The van der Waals surface area contributed by atoms with Gasteiger partial charge in [-0.2, -0.15) is 5.10 Å². The third-order valence-electron chi connectivity index (χ3n) is 5.31. The number of ether oxygens (including phenoxy) is 1. The molecule has 0 radical (unpaired) electrons. The lowest BCUT2D eigenvalue weighted by Crippen LogP contribution is -2.47. The Morgan fingerprint density at radius 3 is 2.75 bits per heavy atom. The average Bonchev–Trinajstić information content (AvgIpc) is 2.88. The molecule has 6 nitrogen and oxygen atoms in total. The minimum atomic E-state index is -0.208. The lowest BCUT2D eigenvalue weighted by atomic mass is 9.83. The molecule has 0 bridgehead atoms. The SMILES string of the molecule is Cc1cc(CN2CCC3(CC2)OCCc2cnc(C)nc23)n(C)n1. The van der Waals surface area contributed by atoms with Crippen LogP contribution in [0.15, 0.2) is 12.3 Å². The van der Waals surface area contributed by atoms with Gasteiger partial charge in [-0.1, -0.05) is 0 Å². The van der Waals surface area contributed by atoms with Gasteiger partial charge in [-0.3, -0.25) is 9.58 Å². The van der Waals surface area contributed by atoms with Gasteiger partial charge < -0.3 is 4.74 Å². The molecule has 128 valence electrons. The van der Waals surface area contributed by atoms with Gasteiger partial charge in [-0.15, -0.1) is 0 Å². The summed E-state index contributed by atoms with van der Waals surface area (Å²) in [5.41, 5.74) is 4.55. The van der Waals surface area contributed by atoms with Crippen molar-refractivity contribution in [1.29, 1.82) is 0 Å². The zero-order chi connectivity index (χ0) is 16.7. The van der Waals surface area contributed by atoms with Gasteiger partial charge in [-0.05, 0) is 44.7 Å². The Bertz CT molecular complexity index is 746. The maximum absolute atomic E-state index is 6.28. The Morgan fingerprint density at radius 1 is 1.25 bits per heavy atom. The fourth-order valence-electron chi connectivity index (χ4n) is 3.99. The fraction of sp³-hybridized carbons (Fsp3) is 0.611. The smallest absolute Gasteiger partial charge is 0.125 e. The monoisotopic (exact) mass is 327 g/mol. The second-order valence-electron chi connectivity index (χ2n) is 7.06. The van der Waals surface area contributed by atoms with E-state index in [1.807, 2.05) is 31.8 Å². The zero-order valence-corrected chi connectivity index (χ0v) is 14.7. The third kappa shape index (κ3) is 2.74. The van der Waals surface area contributed by atoms with Crippen LogP contribution in [-0.4, -0.2) is 44.3 Å². The van der Waals surface area contributed by atoms with Crippen molar-refractivity contribution in [2.75, 3.05) is 19.7 Å². The summed E-state index contributed by atoms with van der Waals surface area (Å²) in [6.07, 6.45) is 4.91. The fourth-order valence-corrected chi connectivity index (χ4v) is 3.99. The second kappa shape index (κ2) is 5.93. The summed E-state index contributed by atoms with van der Waals surface area (Å²) in [6, 6.07) is 2.17. The number of aryl methyl sites for hydroxylation is 3. The maximum atomic E-state index is 6.28. The van der Waals surface area contributed by atoms with E-state index in [9.17, 15) is 0 Å². The predicted molar refractivity (Wildman–Crippen MR) is 90.6 cm³/mol. The summed E-state index contributed by atoms with van der Waals surface area (Å²) >= 11 is 0. The number of fused-ring (bicyclic) bond motifs is 2. The van der Waals surface area contributed by atoms with Crippen molar-refractivity contribution in [2.24, 2.45) is 7.05 Å². The van der Waals surface area contributed by atoms with Crippen molar-refractivity contribution in [1.82, 2.24) is 24.6 Å². The molecule has 0 amide bonds. The molecule has 0 aromatic carbocycles. The van der Waals surface area contributed by atoms with Gasteiger partial charge in [0.2, 0.25) is 0 Å². The number of rotatable bonds is 2. The largest absolute Gasteiger partial charge is 0.368 e. The quantitative estimate of drug-likeness (QED) is 0.843. The van der Waals surface area contributed by atoms with Gasteiger partial charge >= 0.3 is 0 Å². The van der Waals surface area contributed by atoms with Crippen LogP contribution in [0, 0.1) is 13.8 Å². The van der Waals surface area contributed by atoms with Crippen LogP contribution in [0.2, 0.25) is 0 Å². The van der Waals surface area contributed by atoms with Gasteiger partial charge in [0.25, 0.3) is 0 Å². The Balaban J connectivity index is 1.50. The molecular formula is C18H25N5O. The Kier molecular flexibility index (Phi) is 3.89. The molecule has 1 spiro atoms. The molecule has 6 heteroatoms. The molecule has 1 fully saturated rings. The highest BCUT2D eigenvalue weighted by atomic mass is 16.5. The van der Waals surface area contributed by atoms with Crippen LogP contribution in [-0.2, 0) is 30.4 Å². The van der Waals surface area contributed by atoms with Crippen molar-refractivity contribution >= 4 is 0 Å². The van der Waals surface area contributed by atoms with Crippen molar-refractivity contribution in [3.8, 4) is 0 Å². The number of aromatic nitrogens is 4. The van der Waals surface area contributed by atoms with Crippen molar-refractivity contribution < 1.29 is 4.74 Å². The van der Waals surface area contributed by atoms with Crippen molar-refractivity contribution in [3.63, 3.8) is 0 Å². The van der Waals surface area contributed by atoms with E-state index in [4.69, 9.17) is 9.72 Å². The van der Waals surface area contributed by atoms with Gasteiger partial charge in [0, 0.05) is 32.9 Å². The summed E-state index contributed by atoms with van der Waals surface area (Å²) < 4.78 is 8.27. The molecule has 0 aliphatic carbocycles. The summed E-state index contributed by atoms with van der Waals surface area (Å²) in [5, 5.41) is 4.45. The second-order valence-corrected chi connectivity index (χ2v) is 7.06. The first kappa shape index (κ1) is 15.7. The predicted octanol–water partition coefficient (Wildman–Crippen LogP) is 1.89. The van der Waals surface area contributed by atoms with Crippen LogP contribution in [0.4, 0.5) is 0 Å². The molecule has 4 heterocycles. The van der Waals surface area contributed by atoms with Gasteiger partial charge in [0.15, 0.2) is 0 Å². The molecule has 2 aliphatic heterocycles. The standard InChI is InChI=1S/C18H25N5O/c1-13-10-16(22(3)21-13)12-23-7-5-18(6-8-23)17-15(4-9-24-18)11-19-14(2)20-17/h10-11H,4-9,12H2,1-3H3. The van der Waals surface area contributed by atoms with Crippen LogP contribution in [0.1, 0.15) is 41.3 Å². The van der Waals surface area contributed by atoms with E-state index in [-0.39, 0.29) is 5.60 Å². The van der Waals surface area contributed by atoms with Gasteiger partial charge in [-0.25, -0.2) is 9.97 Å². The first-order chi connectivity index (χ1) is 11.6. The lowest BCUT2D eigenvalue weighted by Gasteiger charge is -2.44. The Labute approximate surface area is 142 Å². The van der Waals surface area contributed by atoms with Crippen LogP contribution >= 0.6 is 0 Å². The van der Waals surface area contributed by atoms with Crippen LogP contribution in [0.3, 0.4) is 0 Å². The number of hydrogen-bond acceptors (Lipinski definition) is 5. The van der Waals surface area contributed by atoms with E-state index in [0.717, 1.165) is 62.7 Å². The number of nitrogens with zero attached hydrogens (tertiary/aromatic N) is 5. The molecule has 1 saturated heterocycles. The molecule has 24 heavy (non-hydrogen) atoms. The summed E-state index contributed by atoms with van der Waals surface area (Å²) in [7, 11) is 2.02. The minimum absolute atomic E-state index is 0.208. The maximum Gasteiger partial charge on any atom is 0.125 e.